The fraction of sp³-hybridized carbons (Fsp3) is 0.556. The average Bonchev–Trinajstić information content (AvgIpc) is 3.19. The van der Waals surface area contributed by atoms with Gasteiger partial charge in [0.25, 0.3) is 0 Å². The summed E-state index contributed by atoms with van der Waals surface area (Å²) >= 11 is 0. The second kappa shape index (κ2) is 7.05. The number of piperidine rings is 1. The summed E-state index contributed by atoms with van der Waals surface area (Å²) in [6.07, 6.45) is 2.93. The van der Waals surface area contributed by atoms with Gasteiger partial charge in [0.05, 0.1) is 12.1 Å². The van der Waals surface area contributed by atoms with Crippen LogP contribution < -0.4 is 5.69 Å². The van der Waals surface area contributed by atoms with Crippen LogP contribution in [0, 0.1) is 5.92 Å². The minimum Gasteiger partial charge on any atom is -0.448 e. The molecule has 9 nitrogen and oxygen atoms in total. The largest absolute Gasteiger partial charge is 0.448 e. The Kier molecular flexibility index (Phi) is 4.59. The lowest BCUT2D eigenvalue weighted by Gasteiger charge is -2.32. The Morgan fingerprint density at radius 2 is 2.04 bits per heavy atom. The summed E-state index contributed by atoms with van der Waals surface area (Å²) in [5.41, 5.74) is 1.47. The van der Waals surface area contributed by atoms with Crippen molar-refractivity contribution in [1.82, 2.24) is 23.9 Å². The van der Waals surface area contributed by atoms with Crippen molar-refractivity contribution in [3.63, 3.8) is 0 Å². The van der Waals surface area contributed by atoms with E-state index in [0.29, 0.717) is 44.4 Å². The number of cyclic esters (lactones) is 1. The molecular weight excluding hydrogens is 350 g/mol. The van der Waals surface area contributed by atoms with Crippen molar-refractivity contribution in [1.29, 1.82) is 0 Å². The predicted octanol–water partition coefficient (Wildman–Crippen LogP) is 0.426. The number of aromatic nitrogens is 3. The third kappa shape index (κ3) is 3.29. The van der Waals surface area contributed by atoms with E-state index in [-0.39, 0.29) is 18.1 Å². The third-order valence-electron chi connectivity index (χ3n) is 5.48. The van der Waals surface area contributed by atoms with Crippen LogP contribution in [-0.2, 0) is 23.1 Å². The van der Waals surface area contributed by atoms with E-state index in [1.165, 1.54) is 4.90 Å². The van der Waals surface area contributed by atoms with Crippen molar-refractivity contribution in [3.8, 4) is 0 Å². The van der Waals surface area contributed by atoms with Crippen LogP contribution in [0.3, 0.4) is 0 Å². The lowest BCUT2D eigenvalue weighted by atomic mass is 9.96. The molecule has 2 saturated heterocycles. The Morgan fingerprint density at radius 1 is 1.26 bits per heavy atom. The molecule has 27 heavy (non-hydrogen) atoms. The van der Waals surface area contributed by atoms with Gasteiger partial charge in [-0.05, 0) is 30.9 Å². The van der Waals surface area contributed by atoms with Gasteiger partial charge in [-0.15, -0.1) is 0 Å². The number of amides is 2. The Balaban J connectivity index is 1.37. The smallest absolute Gasteiger partial charge is 0.410 e. The van der Waals surface area contributed by atoms with E-state index in [1.807, 2.05) is 12.1 Å². The number of pyridine rings is 1. The summed E-state index contributed by atoms with van der Waals surface area (Å²) in [4.78, 5) is 44.0. The Hall–Kier alpha value is -2.84. The van der Waals surface area contributed by atoms with Gasteiger partial charge in [0.1, 0.15) is 13.2 Å². The molecule has 0 spiro atoms. The van der Waals surface area contributed by atoms with Gasteiger partial charge in [-0.3, -0.25) is 18.8 Å². The van der Waals surface area contributed by atoms with Crippen LogP contribution in [0.4, 0.5) is 4.79 Å². The molecule has 2 aliphatic heterocycles. The van der Waals surface area contributed by atoms with Crippen molar-refractivity contribution in [2.45, 2.75) is 19.4 Å². The van der Waals surface area contributed by atoms with E-state index < -0.39 is 6.09 Å². The van der Waals surface area contributed by atoms with Gasteiger partial charge in [-0.1, -0.05) is 0 Å². The van der Waals surface area contributed by atoms with Crippen LogP contribution in [0.15, 0.2) is 23.1 Å². The summed E-state index contributed by atoms with van der Waals surface area (Å²) in [5, 5.41) is 0. The second-order valence-electron chi connectivity index (χ2n) is 7.16. The first-order valence-corrected chi connectivity index (χ1v) is 9.24. The van der Waals surface area contributed by atoms with Gasteiger partial charge in [0.15, 0.2) is 5.65 Å². The van der Waals surface area contributed by atoms with E-state index >= 15 is 0 Å². The molecule has 0 saturated carbocycles. The first-order valence-electron chi connectivity index (χ1n) is 9.24. The molecule has 2 amide bonds. The zero-order valence-electron chi connectivity index (χ0n) is 15.3. The van der Waals surface area contributed by atoms with Crippen LogP contribution >= 0.6 is 0 Å². The number of nitrogens with zero attached hydrogens (tertiary/aromatic N) is 5. The molecule has 0 unspecified atom stereocenters. The van der Waals surface area contributed by atoms with Crippen molar-refractivity contribution in [3.05, 3.63) is 28.8 Å². The lowest BCUT2D eigenvalue weighted by molar-refractivity contribution is -0.133. The highest BCUT2D eigenvalue weighted by atomic mass is 16.6. The molecule has 0 N–H and O–H groups in total. The first-order chi connectivity index (χ1) is 13.0. The van der Waals surface area contributed by atoms with E-state index in [0.717, 1.165) is 18.4 Å². The lowest BCUT2D eigenvalue weighted by Crippen LogP contribution is -2.45. The van der Waals surface area contributed by atoms with Crippen molar-refractivity contribution in [2.75, 3.05) is 32.8 Å². The Labute approximate surface area is 156 Å². The highest BCUT2D eigenvalue weighted by Crippen LogP contribution is 2.21. The maximum absolute atomic E-state index is 12.5. The van der Waals surface area contributed by atoms with Crippen LogP contribution in [0.2, 0.25) is 0 Å². The molecule has 0 radical (unpaired) electrons. The normalized spacial score (nSPS) is 18.3. The molecule has 4 heterocycles. The van der Waals surface area contributed by atoms with Crippen LogP contribution in [0.25, 0.3) is 11.2 Å². The van der Waals surface area contributed by atoms with Gasteiger partial charge >= 0.3 is 11.8 Å². The Morgan fingerprint density at radius 3 is 2.74 bits per heavy atom. The molecule has 144 valence electrons. The minimum absolute atomic E-state index is 0.0451. The quantitative estimate of drug-likeness (QED) is 0.775. The first kappa shape index (κ1) is 17.6. The SMILES string of the molecule is Cn1c(=O)n(CC2CCN(C(=O)CN3CCOC3=O)CC2)c2ncccc21. The highest BCUT2D eigenvalue weighted by Gasteiger charge is 2.29. The zero-order valence-corrected chi connectivity index (χ0v) is 15.3. The van der Waals surface area contributed by atoms with Crippen molar-refractivity contribution in [2.24, 2.45) is 13.0 Å². The number of carbonyl (C=O) groups excluding carboxylic acids is 2. The number of likely N-dealkylation sites (tertiary alicyclic amines) is 1. The molecule has 0 aliphatic carbocycles. The maximum Gasteiger partial charge on any atom is 0.410 e. The third-order valence-corrected chi connectivity index (χ3v) is 5.48. The number of carbonyl (C=O) groups is 2. The molecule has 2 aromatic heterocycles. The number of fused-ring (bicyclic) bond motifs is 1. The summed E-state index contributed by atoms with van der Waals surface area (Å²) in [5.74, 6) is 0.271. The molecule has 9 heteroatoms. The van der Waals surface area contributed by atoms with Gasteiger partial charge in [-0.2, -0.15) is 0 Å². The number of hydrogen-bond donors (Lipinski definition) is 0. The Bertz CT molecular complexity index is 925. The fourth-order valence-electron chi connectivity index (χ4n) is 3.85. The summed E-state index contributed by atoms with van der Waals surface area (Å²) in [6, 6.07) is 3.72. The number of rotatable bonds is 4. The molecule has 4 rings (SSSR count). The summed E-state index contributed by atoms with van der Waals surface area (Å²) in [7, 11) is 1.76. The predicted molar refractivity (Wildman–Crippen MR) is 97.2 cm³/mol. The van der Waals surface area contributed by atoms with E-state index in [1.54, 1.807) is 27.3 Å². The zero-order chi connectivity index (χ0) is 19.0. The molecule has 2 fully saturated rings. The van der Waals surface area contributed by atoms with Gasteiger partial charge in [0, 0.05) is 32.9 Å². The van der Waals surface area contributed by atoms with E-state index in [9.17, 15) is 14.4 Å². The standard InChI is InChI=1S/C18H23N5O4/c1-20-14-3-2-6-19-16(14)23(17(20)25)11-13-4-7-21(8-5-13)15(24)12-22-9-10-27-18(22)26/h2-3,6,13H,4-5,7-12H2,1H3. The summed E-state index contributed by atoms with van der Waals surface area (Å²) < 4.78 is 8.22. The molecular formula is C18H23N5O4. The molecule has 0 aromatic carbocycles. The molecule has 2 aliphatic rings. The minimum atomic E-state index is -0.416. The number of hydrogen-bond acceptors (Lipinski definition) is 5. The van der Waals surface area contributed by atoms with Crippen LogP contribution in [0.5, 0.6) is 0 Å². The number of aryl methyl sites for hydroxylation is 1. The monoisotopic (exact) mass is 373 g/mol. The van der Waals surface area contributed by atoms with Gasteiger partial charge < -0.3 is 9.64 Å². The summed E-state index contributed by atoms with van der Waals surface area (Å²) in [6.45, 7) is 2.78. The highest BCUT2D eigenvalue weighted by molar-refractivity contribution is 5.83. The maximum atomic E-state index is 12.5. The van der Waals surface area contributed by atoms with Crippen LogP contribution in [0.1, 0.15) is 12.8 Å². The second-order valence-corrected chi connectivity index (χ2v) is 7.16. The van der Waals surface area contributed by atoms with Crippen molar-refractivity contribution >= 4 is 23.2 Å². The van der Waals surface area contributed by atoms with Crippen LogP contribution in [-0.4, -0.2) is 68.7 Å². The van der Waals surface area contributed by atoms with Gasteiger partial charge in [-0.25, -0.2) is 14.6 Å². The number of ether oxygens (including phenoxy) is 1. The van der Waals surface area contributed by atoms with Crippen molar-refractivity contribution < 1.29 is 14.3 Å². The topological polar surface area (TPSA) is 89.7 Å². The van der Waals surface area contributed by atoms with Gasteiger partial charge in [0.2, 0.25) is 5.91 Å². The van der Waals surface area contributed by atoms with E-state index in [2.05, 4.69) is 4.98 Å². The molecule has 0 bridgehead atoms. The molecule has 2 aromatic rings. The molecule has 0 atom stereocenters. The number of imidazole rings is 1. The van der Waals surface area contributed by atoms with E-state index in [4.69, 9.17) is 4.74 Å². The average molecular weight is 373 g/mol. The fourth-order valence-corrected chi connectivity index (χ4v) is 3.85.